The van der Waals surface area contributed by atoms with Gasteiger partial charge in [-0.15, -0.1) is 0 Å². The van der Waals surface area contributed by atoms with Crippen LogP contribution < -0.4 is 32.3 Å². The number of rotatable bonds is 20. The summed E-state index contributed by atoms with van der Waals surface area (Å²) in [6, 6.07) is 12.2. The van der Waals surface area contributed by atoms with Gasteiger partial charge in [0.2, 0.25) is 29.5 Å². The zero-order valence-corrected chi connectivity index (χ0v) is 32.5. The van der Waals surface area contributed by atoms with E-state index < -0.39 is 47.9 Å². The van der Waals surface area contributed by atoms with Gasteiger partial charge in [0.25, 0.3) is 0 Å². The number of aliphatic hydroxyl groups is 1. The Kier molecular flexibility index (Phi) is 16.5. The van der Waals surface area contributed by atoms with Crippen LogP contribution in [0.15, 0.2) is 48.5 Å². The lowest BCUT2D eigenvalue weighted by Gasteiger charge is -2.32. The second-order valence-electron chi connectivity index (χ2n) is 16.0. The predicted molar refractivity (Wildman–Crippen MR) is 210 cm³/mol. The molecule has 1 fully saturated rings. The molecular formula is C42H62N6O6. The largest absolute Gasteiger partial charge is 0.390 e. The maximum absolute atomic E-state index is 14.1. The summed E-state index contributed by atoms with van der Waals surface area (Å²) in [4.78, 5) is 67.5. The molecule has 0 radical (unpaired) electrons. The van der Waals surface area contributed by atoms with Gasteiger partial charge in [-0.2, -0.15) is 0 Å². The third-order valence-corrected chi connectivity index (χ3v) is 10.4. The van der Waals surface area contributed by atoms with Crippen molar-refractivity contribution in [3.63, 3.8) is 0 Å². The van der Waals surface area contributed by atoms with E-state index in [1.165, 1.54) is 0 Å². The Morgan fingerprint density at radius 2 is 1.56 bits per heavy atom. The van der Waals surface area contributed by atoms with Gasteiger partial charge >= 0.3 is 0 Å². The van der Waals surface area contributed by atoms with Crippen molar-refractivity contribution in [2.75, 3.05) is 18.4 Å². The topological polar surface area (TPSA) is 192 Å². The van der Waals surface area contributed by atoms with Gasteiger partial charge in [-0.05, 0) is 66.3 Å². The second-order valence-corrected chi connectivity index (χ2v) is 16.0. The van der Waals surface area contributed by atoms with Crippen molar-refractivity contribution in [2.45, 2.75) is 128 Å². The van der Waals surface area contributed by atoms with Gasteiger partial charge < -0.3 is 37.4 Å². The number of hydrogen-bond donors (Lipinski definition) is 7. The molecule has 2 aliphatic rings. The number of anilines is 1. The summed E-state index contributed by atoms with van der Waals surface area (Å²) in [5.74, 6) is -2.15. The first-order chi connectivity index (χ1) is 25.8. The summed E-state index contributed by atoms with van der Waals surface area (Å²) < 4.78 is 0. The Hall–Kier alpha value is -4.29. The maximum Gasteiger partial charge on any atom is 0.243 e. The van der Waals surface area contributed by atoms with Crippen molar-refractivity contribution < 1.29 is 29.1 Å². The van der Waals surface area contributed by atoms with Crippen LogP contribution in [-0.2, 0) is 36.8 Å². The van der Waals surface area contributed by atoms with Gasteiger partial charge in [-0.1, -0.05) is 102 Å². The molecule has 0 saturated heterocycles. The minimum Gasteiger partial charge on any atom is -0.390 e. The summed E-state index contributed by atoms with van der Waals surface area (Å²) in [7, 11) is 0. The van der Waals surface area contributed by atoms with Crippen molar-refractivity contribution in [1.82, 2.24) is 21.3 Å². The van der Waals surface area contributed by atoms with Crippen LogP contribution in [0.1, 0.15) is 108 Å². The summed E-state index contributed by atoms with van der Waals surface area (Å²) in [6.45, 7) is 8.83. The van der Waals surface area contributed by atoms with Gasteiger partial charge in [0.1, 0.15) is 12.1 Å². The lowest BCUT2D eigenvalue weighted by atomic mass is 9.83. The molecule has 12 nitrogen and oxygen atoms in total. The van der Waals surface area contributed by atoms with Crippen molar-refractivity contribution >= 4 is 35.2 Å². The first-order valence-corrected chi connectivity index (χ1v) is 19.8. The van der Waals surface area contributed by atoms with E-state index >= 15 is 0 Å². The molecule has 5 amide bonds. The first kappa shape index (κ1) is 42.5. The van der Waals surface area contributed by atoms with E-state index in [-0.39, 0.29) is 42.9 Å². The van der Waals surface area contributed by atoms with Gasteiger partial charge in [0.05, 0.1) is 24.5 Å². The van der Waals surface area contributed by atoms with E-state index in [4.69, 9.17) is 5.73 Å². The normalized spacial score (nSPS) is 17.9. The molecule has 4 rings (SSSR count). The number of benzene rings is 2. The minimum absolute atomic E-state index is 0.0249. The first-order valence-electron chi connectivity index (χ1n) is 19.8. The van der Waals surface area contributed by atoms with E-state index in [2.05, 4.69) is 26.6 Å². The molecule has 1 heterocycles. The Bertz CT molecular complexity index is 1560. The monoisotopic (exact) mass is 746 g/mol. The molecule has 2 aromatic rings. The fraction of sp³-hybridized carbons (Fsp3) is 0.595. The van der Waals surface area contributed by atoms with Crippen LogP contribution in [0, 0.1) is 17.8 Å². The number of nitrogens with two attached hydrogens (primary N) is 1. The lowest BCUT2D eigenvalue weighted by molar-refractivity contribution is -0.133. The summed E-state index contributed by atoms with van der Waals surface area (Å²) >= 11 is 0. The number of fused-ring (bicyclic) bond motifs is 1. The molecular weight excluding hydrogens is 684 g/mol. The minimum atomic E-state index is -1.10. The molecule has 2 aromatic carbocycles. The van der Waals surface area contributed by atoms with E-state index in [0.717, 1.165) is 48.8 Å². The third-order valence-electron chi connectivity index (χ3n) is 10.4. The fourth-order valence-electron chi connectivity index (χ4n) is 7.47. The van der Waals surface area contributed by atoms with Crippen molar-refractivity contribution in [1.29, 1.82) is 0 Å². The molecule has 296 valence electrons. The van der Waals surface area contributed by atoms with E-state index in [1.54, 1.807) is 0 Å². The highest BCUT2D eigenvalue weighted by atomic mass is 16.3. The van der Waals surface area contributed by atoms with Crippen LogP contribution >= 0.6 is 0 Å². The lowest BCUT2D eigenvalue weighted by Crippen LogP contribution is -2.57. The third kappa shape index (κ3) is 13.2. The number of carbonyl (C=O) groups excluding carboxylic acids is 5. The van der Waals surface area contributed by atoms with E-state index in [1.807, 2.05) is 76.2 Å². The number of hydrogen-bond acceptors (Lipinski definition) is 7. The molecule has 8 N–H and O–H groups in total. The summed E-state index contributed by atoms with van der Waals surface area (Å²) in [5, 5.41) is 25.8. The molecule has 0 bridgehead atoms. The molecule has 54 heavy (non-hydrogen) atoms. The molecule has 1 saturated carbocycles. The Morgan fingerprint density at radius 1 is 0.852 bits per heavy atom. The molecule has 1 aliphatic heterocycles. The van der Waals surface area contributed by atoms with Crippen LogP contribution in [0.3, 0.4) is 0 Å². The highest BCUT2D eigenvalue weighted by Gasteiger charge is 2.35. The van der Waals surface area contributed by atoms with Crippen LogP contribution in [0.4, 0.5) is 5.69 Å². The summed E-state index contributed by atoms with van der Waals surface area (Å²) in [5.41, 5.74) is 8.91. The van der Waals surface area contributed by atoms with Crippen LogP contribution in [-0.4, -0.2) is 72.0 Å². The summed E-state index contributed by atoms with van der Waals surface area (Å²) in [6.07, 6.45) is 5.56. The SMILES string of the molecule is CC(C)CNC(=O)C[C@H](O)[C@H](CC1CCCCC1)NC(=O)[C@H](CC(C)C)NC(=O)[C@H](Cc1ccccc1)NC(=O)CC1C(=O)Nc2ccc(CCN)cc21. The van der Waals surface area contributed by atoms with Crippen molar-refractivity contribution in [3.8, 4) is 0 Å². The average Bonchev–Trinajstić information content (AvgIpc) is 3.43. The molecule has 12 heteroatoms. The Morgan fingerprint density at radius 3 is 2.22 bits per heavy atom. The standard InChI is InChI=1S/C42H62N6O6/c1-26(2)19-35(41(53)47-34(21-28-11-7-5-8-12-28)37(49)24-38(50)44-25-27(3)4)48-42(54)36(22-29-13-9-6-10-14-29)45-39(51)23-32-31-20-30(17-18-43)15-16-33(31)46-40(32)52/h6,9-10,13-16,20,26-28,32,34-37,49H,5,7-8,11-12,17-19,21-25,43H2,1-4H3,(H,44,50)(H,45,51)(H,46,52)(H,47,53)(H,48,54)/t32?,34-,35-,36-,37-/m0/s1. The highest BCUT2D eigenvalue weighted by Crippen LogP contribution is 2.35. The fourth-order valence-corrected chi connectivity index (χ4v) is 7.47. The van der Waals surface area contributed by atoms with Gasteiger partial charge in [-0.25, -0.2) is 0 Å². The zero-order valence-electron chi connectivity index (χ0n) is 32.5. The van der Waals surface area contributed by atoms with Crippen molar-refractivity contribution in [3.05, 3.63) is 65.2 Å². The second kappa shape index (κ2) is 21.0. The quantitative estimate of drug-likeness (QED) is 0.107. The van der Waals surface area contributed by atoms with Gasteiger partial charge in [0.15, 0.2) is 0 Å². The molecule has 1 aliphatic carbocycles. The Balaban J connectivity index is 1.50. The van der Waals surface area contributed by atoms with E-state index in [0.29, 0.717) is 44.0 Å². The molecule has 0 aromatic heterocycles. The van der Waals surface area contributed by atoms with Crippen LogP contribution in [0.2, 0.25) is 0 Å². The number of nitrogens with one attached hydrogen (secondary N) is 5. The molecule has 0 spiro atoms. The zero-order chi connectivity index (χ0) is 39.2. The van der Waals surface area contributed by atoms with E-state index in [9.17, 15) is 29.1 Å². The predicted octanol–water partition coefficient (Wildman–Crippen LogP) is 3.85. The Labute approximate surface area is 320 Å². The number of aliphatic hydroxyl groups excluding tert-OH is 1. The number of amides is 5. The van der Waals surface area contributed by atoms with Crippen LogP contribution in [0.25, 0.3) is 0 Å². The van der Waals surface area contributed by atoms with Crippen molar-refractivity contribution in [2.24, 2.45) is 23.5 Å². The van der Waals surface area contributed by atoms with Crippen LogP contribution in [0.5, 0.6) is 0 Å². The van der Waals surface area contributed by atoms with Gasteiger partial charge in [0, 0.05) is 25.1 Å². The molecule has 1 unspecified atom stereocenters. The smallest absolute Gasteiger partial charge is 0.243 e. The number of carbonyl (C=O) groups is 5. The highest BCUT2D eigenvalue weighted by molar-refractivity contribution is 6.05. The maximum atomic E-state index is 14.1. The molecule has 5 atom stereocenters. The average molecular weight is 747 g/mol. The van der Waals surface area contributed by atoms with Gasteiger partial charge in [-0.3, -0.25) is 24.0 Å².